The Labute approximate surface area is 127 Å². The fourth-order valence-corrected chi connectivity index (χ4v) is 2.26. The summed E-state index contributed by atoms with van der Waals surface area (Å²) in [7, 11) is -2.56. The first kappa shape index (κ1) is 15.9. The molecular formula is C14H14N2O5S. The van der Waals surface area contributed by atoms with Gasteiger partial charge in [-0.15, -0.1) is 0 Å². The quantitative estimate of drug-likeness (QED) is 0.826. The van der Waals surface area contributed by atoms with Crippen molar-refractivity contribution in [1.29, 1.82) is 0 Å². The summed E-state index contributed by atoms with van der Waals surface area (Å²) in [6.45, 7) is -0.0393. The van der Waals surface area contributed by atoms with Crippen molar-refractivity contribution in [2.75, 3.05) is 7.11 Å². The number of nitrogens with two attached hydrogens (primary N) is 1. The molecule has 0 aliphatic rings. The lowest BCUT2D eigenvalue weighted by molar-refractivity contribution is 0.0464. The summed E-state index contributed by atoms with van der Waals surface area (Å²) in [4.78, 5) is 15.9. The highest BCUT2D eigenvalue weighted by molar-refractivity contribution is 7.89. The SMILES string of the molecule is COc1ccc(S(N)(=O)=O)cc1C(=O)OCc1ccccn1. The van der Waals surface area contributed by atoms with Crippen LogP contribution in [0.5, 0.6) is 5.75 Å². The summed E-state index contributed by atoms with van der Waals surface area (Å²) in [5.74, 6) is -0.536. The molecule has 1 aromatic carbocycles. The number of carbonyl (C=O) groups is 1. The first-order valence-electron chi connectivity index (χ1n) is 6.19. The second kappa shape index (κ2) is 6.54. The zero-order valence-corrected chi connectivity index (χ0v) is 12.5. The van der Waals surface area contributed by atoms with E-state index in [9.17, 15) is 13.2 Å². The van der Waals surface area contributed by atoms with Crippen LogP contribution in [0.1, 0.15) is 16.1 Å². The van der Waals surface area contributed by atoms with Crippen LogP contribution in [0.2, 0.25) is 0 Å². The van der Waals surface area contributed by atoms with Crippen LogP contribution in [0.4, 0.5) is 0 Å². The molecule has 0 aliphatic heterocycles. The molecule has 0 radical (unpaired) electrons. The highest BCUT2D eigenvalue weighted by Crippen LogP contribution is 2.23. The van der Waals surface area contributed by atoms with Crippen LogP contribution in [0, 0.1) is 0 Å². The second-order valence-electron chi connectivity index (χ2n) is 4.30. The van der Waals surface area contributed by atoms with E-state index in [0.717, 1.165) is 6.07 Å². The highest BCUT2D eigenvalue weighted by Gasteiger charge is 2.18. The average Bonchev–Trinajstić information content (AvgIpc) is 2.52. The van der Waals surface area contributed by atoms with E-state index < -0.39 is 16.0 Å². The number of methoxy groups -OCH3 is 1. The fraction of sp³-hybridized carbons (Fsp3) is 0.143. The van der Waals surface area contributed by atoms with Crippen molar-refractivity contribution in [2.45, 2.75) is 11.5 Å². The topological polar surface area (TPSA) is 109 Å². The van der Waals surface area contributed by atoms with E-state index >= 15 is 0 Å². The van der Waals surface area contributed by atoms with Crippen molar-refractivity contribution < 1.29 is 22.7 Å². The second-order valence-corrected chi connectivity index (χ2v) is 5.87. The number of rotatable bonds is 5. The number of hydrogen-bond donors (Lipinski definition) is 1. The molecule has 0 saturated heterocycles. The minimum atomic E-state index is -3.93. The van der Waals surface area contributed by atoms with Crippen LogP contribution < -0.4 is 9.88 Å². The molecule has 0 aliphatic carbocycles. The predicted octanol–water partition coefficient (Wildman–Crippen LogP) is 1.09. The Hall–Kier alpha value is -2.45. The third-order valence-corrected chi connectivity index (χ3v) is 3.71. The van der Waals surface area contributed by atoms with Gasteiger partial charge in [-0.25, -0.2) is 18.4 Å². The Balaban J connectivity index is 2.24. The molecule has 7 nitrogen and oxygen atoms in total. The third kappa shape index (κ3) is 3.80. The molecule has 2 aromatic rings. The lowest BCUT2D eigenvalue weighted by atomic mass is 10.2. The number of benzene rings is 1. The Morgan fingerprint density at radius 2 is 2.05 bits per heavy atom. The molecule has 22 heavy (non-hydrogen) atoms. The van der Waals surface area contributed by atoms with E-state index in [-0.39, 0.29) is 22.8 Å². The molecule has 8 heteroatoms. The molecule has 1 aromatic heterocycles. The van der Waals surface area contributed by atoms with Crippen LogP contribution in [-0.4, -0.2) is 26.5 Å². The maximum absolute atomic E-state index is 12.1. The lowest BCUT2D eigenvalue weighted by Crippen LogP contribution is -2.14. The Morgan fingerprint density at radius 3 is 2.64 bits per heavy atom. The van der Waals surface area contributed by atoms with E-state index in [0.29, 0.717) is 5.69 Å². The summed E-state index contributed by atoms with van der Waals surface area (Å²) in [5, 5.41) is 5.05. The van der Waals surface area contributed by atoms with Crippen LogP contribution in [-0.2, 0) is 21.4 Å². The van der Waals surface area contributed by atoms with Crippen LogP contribution in [0.15, 0.2) is 47.5 Å². The number of sulfonamides is 1. The van der Waals surface area contributed by atoms with Gasteiger partial charge in [0.05, 0.1) is 17.7 Å². The number of pyridine rings is 1. The number of hydrogen-bond acceptors (Lipinski definition) is 6. The van der Waals surface area contributed by atoms with Gasteiger partial charge >= 0.3 is 5.97 Å². The largest absolute Gasteiger partial charge is 0.496 e. The zero-order valence-electron chi connectivity index (χ0n) is 11.7. The minimum Gasteiger partial charge on any atom is -0.496 e. The molecule has 1 heterocycles. The molecule has 0 fully saturated rings. The van der Waals surface area contributed by atoms with Crippen molar-refractivity contribution in [2.24, 2.45) is 5.14 Å². The lowest BCUT2D eigenvalue weighted by Gasteiger charge is -2.10. The van der Waals surface area contributed by atoms with E-state index in [1.807, 2.05) is 0 Å². The highest BCUT2D eigenvalue weighted by atomic mass is 32.2. The van der Waals surface area contributed by atoms with Crippen molar-refractivity contribution in [1.82, 2.24) is 4.98 Å². The van der Waals surface area contributed by atoms with Crippen LogP contribution >= 0.6 is 0 Å². The fourth-order valence-electron chi connectivity index (χ4n) is 1.72. The van der Waals surface area contributed by atoms with Crippen molar-refractivity contribution in [3.8, 4) is 5.75 Å². The minimum absolute atomic E-state index is 0.0232. The molecule has 0 saturated carbocycles. The smallest absolute Gasteiger partial charge is 0.342 e. The normalized spacial score (nSPS) is 11.0. The molecule has 2 rings (SSSR count). The van der Waals surface area contributed by atoms with Crippen LogP contribution in [0.25, 0.3) is 0 Å². The molecule has 0 amide bonds. The van der Waals surface area contributed by atoms with Gasteiger partial charge in [-0.05, 0) is 30.3 Å². The van der Waals surface area contributed by atoms with Crippen molar-refractivity contribution >= 4 is 16.0 Å². The summed E-state index contributed by atoms with van der Waals surface area (Å²) in [6.07, 6.45) is 1.57. The van der Waals surface area contributed by atoms with E-state index in [4.69, 9.17) is 14.6 Å². The maximum atomic E-state index is 12.1. The Bertz CT molecular complexity index is 775. The van der Waals surface area contributed by atoms with Gasteiger partial charge in [-0.1, -0.05) is 6.07 Å². The van der Waals surface area contributed by atoms with Crippen molar-refractivity contribution in [3.63, 3.8) is 0 Å². The summed E-state index contributed by atoms with van der Waals surface area (Å²) >= 11 is 0. The predicted molar refractivity (Wildman–Crippen MR) is 77.7 cm³/mol. The Morgan fingerprint density at radius 1 is 1.27 bits per heavy atom. The van der Waals surface area contributed by atoms with Gasteiger partial charge in [0.2, 0.25) is 10.0 Å². The third-order valence-electron chi connectivity index (χ3n) is 2.80. The van der Waals surface area contributed by atoms with E-state index in [1.54, 1.807) is 24.4 Å². The molecule has 0 spiro atoms. The van der Waals surface area contributed by atoms with Gasteiger partial charge in [0.25, 0.3) is 0 Å². The number of aromatic nitrogens is 1. The molecule has 0 unspecified atom stereocenters. The van der Waals surface area contributed by atoms with Gasteiger partial charge in [-0.2, -0.15) is 0 Å². The van der Waals surface area contributed by atoms with Gasteiger partial charge < -0.3 is 9.47 Å². The summed E-state index contributed by atoms with van der Waals surface area (Å²) < 4.78 is 32.9. The first-order chi connectivity index (χ1) is 10.4. The molecular weight excluding hydrogens is 308 g/mol. The van der Waals surface area contributed by atoms with Gasteiger partial charge in [0.1, 0.15) is 17.9 Å². The number of carbonyl (C=O) groups excluding carboxylic acids is 1. The van der Waals surface area contributed by atoms with Gasteiger partial charge in [0, 0.05) is 6.20 Å². The number of esters is 1. The number of nitrogens with zero attached hydrogens (tertiary/aromatic N) is 1. The van der Waals surface area contributed by atoms with Gasteiger partial charge in [0.15, 0.2) is 0 Å². The standard InChI is InChI=1S/C14H14N2O5S/c1-20-13-6-5-11(22(15,18)19)8-12(13)14(17)21-9-10-4-2-3-7-16-10/h2-8H,9H2,1H3,(H2,15,18,19). The number of primary sulfonamides is 1. The molecule has 116 valence electrons. The summed E-state index contributed by atoms with van der Waals surface area (Å²) in [6, 6.07) is 8.92. The monoisotopic (exact) mass is 322 g/mol. The number of ether oxygens (including phenoxy) is 2. The zero-order chi connectivity index (χ0) is 16.2. The van der Waals surface area contributed by atoms with E-state index in [2.05, 4.69) is 4.98 Å². The van der Waals surface area contributed by atoms with E-state index in [1.165, 1.54) is 19.2 Å². The van der Waals surface area contributed by atoms with Crippen LogP contribution in [0.3, 0.4) is 0 Å². The first-order valence-corrected chi connectivity index (χ1v) is 7.74. The molecule has 0 atom stereocenters. The molecule has 2 N–H and O–H groups in total. The Kier molecular flexibility index (Phi) is 4.74. The molecule has 0 bridgehead atoms. The average molecular weight is 322 g/mol. The maximum Gasteiger partial charge on any atom is 0.342 e. The van der Waals surface area contributed by atoms with Crippen molar-refractivity contribution in [3.05, 3.63) is 53.9 Å². The summed E-state index contributed by atoms with van der Waals surface area (Å²) in [5.41, 5.74) is 0.544. The van der Waals surface area contributed by atoms with Gasteiger partial charge in [-0.3, -0.25) is 4.98 Å².